The van der Waals surface area contributed by atoms with Gasteiger partial charge in [0, 0.05) is 31.1 Å². The number of amides is 1. The summed E-state index contributed by atoms with van der Waals surface area (Å²) in [6, 6.07) is 9.35. The van der Waals surface area contributed by atoms with Crippen LogP contribution in [0.5, 0.6) is 0 Å². The third-order valence-electron chi connectivity index (χ3n) is 6.80. The largest absolute Gasteiger partial charge is 0.395 e. The van der Waals surface area contributed by atoms with Crippen LogP contribution in [0, 0.1) is 12.3 Å². The van der Waals surface area contributed by atoms with Gasteiger partial charge in [0.05, 0.1) is 17.9 Å². The molecule has 1 aliphatic carbocycles. The van der Waals surface area contributed by atoms with Crippen LogP contribution in [-0.2, 0) is 0 Å². The number of piperidine rings is 1. The number of nitrogens with one attached hydrogen (secondary N) is 2. The van der Waals surface area contributed by atoms with E-state index < -0.39 is 6.80 Å². The molecule has 34 heavy (non-hydrogen) atoms. The minimum absolute atomic E-state index is 0.0998. The number of pyridine rings is 1. The van der Waals surface area contributed by atoms with Crippen LogP contribution in [0.25, 0.3) is 0 Å². The number of nitrogens with zero attached hydrogens (tertiary/aromatic N) is 3. The number of aryl methyl sites for hydroxylation is 1. The number of carbonyl (C=O) groups is 1. The van der Waals surface area contributed by atoms with E-state index in [1.807, 2.05) is 38.1 Å². The van der Waals surface area contributed by atoms with Crippen molar-refractivity contribution in [2.75, 3.05) is 58.6 Å². The van der Waals surface area contributed by atoms with Gasteiger partial charge in [-0.1, -0.05) is 11.9 Å². The molecule has 1 saturated carbocycles. The van der Waals surface area contributed by atoms with Crippen molar-refractivity contribution in [2.45, 2.75) is 39.5 Å². The molecule has 9 heteroatoms. The van der Waals surface area contributed by atoms with E-state index in [0.29, 0.717) is 34.9 Å². The molecule has 0 bridgehead atoms. The van der Waals surface area contributed by atoms with Gasteiger partial charge in [0.15, 0.2) is 6.80 Å². The predicted octanol–water partition coefficient (Wildman–Crippen LogP) is 4.83. The fourth-order valence-electron chi connectivity index (χ4n) is 4.49. The molecule has 1 aliphatic heterocycles. The molecule has 1 amide bonds. The Bertz CT molecular complexity index is 1000. The molecular weight excluding hydrogens is 453 g/mol. The van der Waals surface area contributed by atoms with Gasteiger partial charge in [-0.15, -0.1) is 0 Å². The molecule has 1 aromatic heterocycles. The van der Waals surface area contributed by atoms with Crippen LogP contribution in [0.15, 0.2) is 30.3 Å². The van der Waals surface area contributed by atoms with E-state index in [-0.39, 0.29) is 12.5 Å². The second kappa shape index (κ2) is 10.8. The van der Waals surface area contributed by atoms with Crippen molar-refractivity contribution in [3.63, 3.8) is 0 Å². The van der Waals surface area contributed by atoms with Crippen molar-refractivity contribution < 1.29 is 14.3 Å². The Morgan fingerprint density at radius 1 is 1.24 bits per heavy atom. The summed E-state index contributed by atoms with van der Waals surface area (Å²) in [7, 11) is 0. The maximum atomic E-state index is 13.4. The van der Waals surface area contributed by atoms with Crippen LogP contribution < -0.4 is 19.8 Å². The van der Waals surface area contributed by atoms with E-state index in [0.717, 1.165) is 42.9 Å². The van der Waals surface area contributed by atoms with Crippen LogP contribution in [0.2, 0.25) is 0 Å². The highest BCUT2D eigenvalue weighted by atomic mass is 32.2. The standard InChI is InChI=1S/C25H34FN5O2S/c1-3-30(17-26)23-15-18(2)14-22(27-23)28-24(33)20-5-4-19(29-34-13-12-32)16-21(20)31-10-8-25(6-7-25)9-11-31/h4-5,14-16,29,32H,3,6-13,17H2,1-2H3,(H,27,28,33). The van der Waals surface area contributed by atoms with Crippen LogP contribution in [0.4, 0.5) is 27.4 Å². The molecule has 1 saturated heterocycles. The summed E-state index contributed by atoms with van der Waals surface area (Å²) in [4.78, 5) is 21.7. The topological polar surface area (TPSA) is 80.7 Å². The lowest BCUT2D eigenvalue weighted by Gasteiger charge is -2.35. The molecule has 1 spiro atoms. The molecule has 2 aromatic rings. The molecule has 3 N–H and O–H groups in total. The number of halogens is 1. The number of aromatic nitrogens is 1. The summed E-state index contributed by atoms with van der Waals surface area (Å²) in [5.74, 6) is 1.27. The van der Waals surface area contributed by atoms with Gasteiger partial charge in [-0.05, 0) is 80.8 Å². The summed E-state index contributed by atoms with van der Waals surface area (Å²) in [6.07, 6.45) is 4.96. The number of carbonyl (C=O) groups excluding carboxylic acids is 1. The first kappa shape index (κ1) is 24.6. The van der Waals surface area contributed by atoms with Crippen molar-refractivity contribution in [1.29, 1.82) is 0 Å². The highest BCUT2D eigenvalue weighted by Crippen LogP contribution is 2.54. The molecule has 1 aromatic carbocycles. The molecule has 7 nitrogen and oxygen atoms in total. The third kappa shape index (κ3) is 5.75. The van der Waals surface area contributed by atoms with E-state index in [2.05, 4.69) is 19.9 Å². The first-order chi connectivity index (χ1) is 16.5. The number of aliphatic hydroxyl groups is 1. The van der Waals surface area contributed by atoms with Crippen molar-refractivity contribution >= 4 is 40.9 Å². The SMILES string of the molecule is CCN(CF)c1cc(C)cc(NC(=O)c2ccc(NSCCO)cc2N2CCC3(CC2)CC3)n1. The first-order valence-electron chi connectivity index (χ1n) is 12.0. The van der Waals surface area contributed by atoms with E-state index in [1.54, 1.807) is 6.07 Å². The Hall–Kier alpha value is -2.52. The van der Waals surface area contributed by atoms with Gasteiger partial charge >= 0.3 is 0 Å². The minimum Gasteiger partial charge on any atom is -0.395 e. The zero-order valence-electron chi connectivity index (χ0n) is 19.9. The third-order valence-corrected chi connectivity index (χ3v) is 7.56. The normalized spacial score (nSPS) is 16.4. The van der Waals surface area contributed by atoms with Gasteiger partial charge < -0.3 is 24.9 Å². The molecule has 2 fully saturated rings. The molecule has 2 aliphatic rings. The van der Waals surface area contributed by atoms with E-state index in [9.17, 15) is 9.18 Å². The number of rotatable bonds is 10. The van der Waals surface area contributed by atoms with Crippen molar-refractivity contribution in [1.82, 2.24) is 4.98 Å². The Labute approximate surface area is 205 Å². The van der Waals surface area contributed by atoms with Crippen molar-refractivity contribution in [3.05, 3.63) is 41.5 Å². The zero-order valence-corrected chi connectivity index (χ0v) is 20.8. The van der Waals surface area contributed by atoms with E-state index >= 15 is 0 Å². The maximum absolute atomic E-state index is 13.4. The Balaban J connectivity index is 1.57. The molecule has 4 rings (SSSR count). The van der Waals surface area contributed by atoms with Crippen molar-refractivity contribution in [3.8, 4) is 0 Å². The van der Waals surface area contributed by atoms with Gasteiger partial charge in [0.2, 0.25) is 0 Å². The molecular formula is C25H34FN5O2S. The molecule has 0 atom stereocenters. The molecule has 0 radical (unpaired) electrons. The number of aliphatic hydroxyl groups excluding tert-OH is 1. The fourth-order valence-corrected chi connectivity index (χ4v) is 4.98. The Morgan fingerprint density at radius 3 is 2.65 bits per heavy atom. The average molecular weight is 488 g/mol. The highest BCUT2D eigenvalue weighted by Gasteiger charge is 2.44. The van der Waals surface area contributed by atoms with Crippen LogP contribution in [0.1, 0.15) is 48.5 Å². The van der Waals surface area contributed by atoms with E-state index in [4.69, 9.17) is 5.11 Å². The number of hydrogen-bond acceptors (Lipinski definition) is 7. The number of alkyl halides is 1. The van der Waals surface area contributed by atoms with Gasteiger partial charge in [0.1, 0.15) is 11.6 Å². The van der Waals surface area contributed by atoms with E-state index in [1.165, 1.54) is 29.7 Å². The van der Waals surface area contributed by atoms with Crippen molar-refractivity contribution in [2.24, 2.45) is 5.41 Å². The van der Waals surface area contributed by atoms with Crippen LogP contribution in [-0.4, -0.2) is 54.8 Å². The van der Waals surface area contributed by atoms with Gasteiger partial charge in [-0.3, -0.25) is 4.79 Å². The molecule has 0 unspecified atom stereocenters. The number of anilines is 4. The van der Waals surface area contributed by atoms with Crippen LogP contribution >= 0.6 is 11.9 Å². The second-order valence-electron chi connectivity index (χ2n) is 9.21. The van der Waals surface area contributed by atoms with Crippen LogP contribution in [0.3, 0.4) is 0 Å². The Kier molecular flexibility index (Phi) is 7.83. The van der Waals surface area contributed by atoms with Gasteiger partial charge in [-0.2, -0.15) is 0 Å². The lowest BCUT2D eigenvalue weighted by molar-refractivity contribution is 0.102. The summed E-state index contributed by atoms with van der Waals surface area (Å²) in [5, 5.41) is 12.0. The maximum Gasteiger partial charge on any atom is 0.258 e. The minimum atomic E-state index is -0.635. The van der Waals surface area contributed by atoms with Gasteiger partial charge in [-0.25, -0.2) is 9.37 Å². The Morgan fingerprint density at radius 2 is 2.00 bits per heavy atom. The summed E-state index contributed by atoms with van der Waals surface area (Å²) < 4.78 is 16.6. The fraction of sp³-hybridized carbons (Fsp3) is 0.520. The second-order valence-corrected chi connectivity index (χ2v) is 10.1. The number of hydrogen-bond donors (Lipinski definition) is 3. The average Bonchev–Trinajstić information content (AvgIpc) is 3.59. The highest BCUT2D eigenvalue weighted by molar-refractivity contribution is 8.00. The number of benzene rings is 1. The smallest absolute Gasteiger partial charge is 0.258 e. The lowest BCUT2D eigenvalue weighted by atomic mass is 9.93. The lowest BCUT2D eigenvalue weighted by Crippen LogP contribution is -2.35. The molecule has 2 heterocycles. The summed E-state index contributed by atoms with van der Waals surface area (Å²) in [6.45, 7) is 5.60. The zero-order chi connectivity index (χ0) is 24.1. The first-order valence-corrected chi connectivity index (χ1v) is 12.9. The predicted molar refractivity (Wildman–Crippen MR) is 139 cm³/mol. The molecule has 184 valence electrons. The summed E-state index contributed by atoms with van der Waals surface area (Å²) in [5.41, 5.74) is 3.82. The quantitative estimate of drug-likeness (QED) is 0.252. The van der Waals surface area contributed by atoms with Gasteiger partial charge in [0.25, 0.3) is 5.91 Å². The summed E-state index contributed by atoms with van der Waals surface area (Å²) >= 11 is 1.43. The monoisotopic (exact) mass is 487 g/mol.